The Labute approximate surface area is 156 Å². The number of fused-ring (bicyclic) bond motifs is 1. The van der Waals surface area contributed by atoms with Gasteiger partial charge >= 0.3 is 6.03 Å². The third-order valence-electron chi connectivity index (χ3n) is 5.29. The minimum Gasteiger partial charge on any atom is -0.357 e. The molecule has 0 aliphatic heterocycles. The van der Waals surface area contributed by atoms with Gasteiger partial charge in [-0.1, -0.05) is 19.3 Å². The van der Waals surface area contributed by atoms with Crippen LogP contribution in [0.5, 0.6) is 0 Å². The molecule has 0 radical (unpaired) electrons. The molecule has 0 atom stereocenters. The number of aromatic nitrogens is 1. The summed E-state index contributed by atoms with van der Waals surface area (Å²) in [6, 6.07) is 8.27. The minimum atomic E-state index is -0.110. The number of anilines is 2. The monoisotopic (exact) mass is 354 g/mol. The van der Waals surface area contributed by atoms with E-state index in [1.807, 2.05) is 18.2 Å². The fourth-order valence-corrected chi connectivity index (χ4v) is 3.76. The zero-order chi connectivity index (χ0) is 18.5. The van der Waals surface area contributed by atoms with Crippen LogP contribution in [0.2, 0.25) is 0 Å². The molecule has 26 heavy (non-hydrogen) atoms. The lowest BCUT2D eigenvalue weighted by Gasteiger charge is -2.23. The molecule has 1 fully saturated rings. The quantitative estimate of drug-likeness (QED) is 0.807. The van der Waals surface area contributed by atoms with Crippen molar-refractivity contribution in [1.29, 1.82) is 0 Å². The summed E-state index contributed by atoms with van der Waals surface area (Å²) in [4.78, 5) is 19.3. The van der Waals surface area contributed by atoms with Gasteiger partial charge in [-0.15, -0.1) is 0 Å². The van der Waals surface area contributed by atoms with Gasteiger partial charge in [0.25, 0.3) is 0 Å². The lowest BCUT2D eigenvalue weighted by Crippen LogP contribution is -2.39. The third kappa shape index (κ3) is 4.26. The number of rotatable bonds is 5. The number of hydrogen-bond donors (Lipinski definition) is 2. The first kappa shape index (κ1) is 18.5. The lowest BCUT2D eigenvalue weighted by molar-refractivity contribution is 0.244. The Morgan fingerprint density at radius 2 is 1.88 bits per heavy atom. The minimum absolute atomic E-state index is 0.110. The Morgan fingerprint density at radius 3 is 2.58 bits per heavy atom. The molecular formula is C21H30N4O. The summed E-state index contributed by atoms with van der Waals surface area (Å²) < 4.78 is 0. The standard InChI is InChI=1S/C21H30N4O/c1-4-25(5-2)20-13-15(3)18-14-17(11-12-19(18)24-20)23-21(26)22-16-9-7-6-8-10-16/h11-14,16H,4-10H2,1-3H3,(H2,22,23,26). The molecule has 1 aromatic carbocycles. The summed E-state index contributed by atoms with van der Waals surface area (Å²) in [5.41, 5.74) is 2.95. The van der Waals surface area contributed by atoms with Gasteiger partial charge in [-0.3, -0.25) is 0 Å². The highest BCUT2D eigenvalue weighted by Gasteiger charge is 2.16. The van der Waals surface area contributed by atoms with E-state index >= 15 is 0 Å². The van der Waals surface area contributed by atoms with Crippen molar-refractivity contribution in [2.75, 3.05) is 23.3 Å². The maximum Gasteiger partial charge on any atom is 0.319 e. The number of carbonyl (C=O) groups is 1. The summed E-state index contributed by atoms with van der Waals surface area (Å²) >= 11 is 0. The predicted molar refractivity (Wildman–Crippen MR) is 109 cm³/mol. The Balaban J connectivity index is 1.75. The van der Waals surface area contributed by atoms with Crippen LogP contribution < -0.4 is 15.5 Å². The number of pyridine rings is 1. The first-order valence-electron chi connectivity index (χ1n) is 9.84. The number of benzene rings is 1. The number of nitrogens with one attached hydrogen (secondary N) is 2. The van der Waals surface area contributed by atoms with Crippen molar-refractivity contribution in [2.24, 2.45) is 0 Å². The number of urea groups is 1. The van der Waals surface area contributed by atoms with Gasteiger partial charge in [0.05, 0.1) is 5.52 Å². The average molecular weight is 354 g/mol. The number of carbonyl (C=O) groups excluding carboxylic acids is 1. The van der Waals surface area contributed by atoms with E-state index in [1.165, 1.54) is 24.8 Å². The summed E-state index contributed by atoms with van der Waals surface area (Å²) in [7, 11) is 0. The molecule has 5 heteroatoms. The first-order valence-corrected chi connectivity index (χ1v) is 9.84. The van der Waals surface area contributed by atoms with E-state index in [-0.39, 0.29) is 6.03 Å². The molecule has 0 saturated heterocycles. The van der Waals surface area contributed by atoms with E-state index in [0.717, 1.165) is 48.3 Å². The molecule has 2 amide bonds. The van der Waals surface area contributed by atoms with Crippen LogP contribution in [0.3, 0.4) is 0 Å². The maximum atomic E-state index is 12.3. The van der Waals surface area contributed by atoms with Gasteiger partial charge in [0.1, 0.15) is 5.82 Å². The summed E-state index contributed by atoms with van der Waals surface area (Å²) in [6.07, 6.45) is 5.87. The molecule has 0 spiro atoms. The van der Waals surface area contributed by atoms with Gasteiger partial charge in [0.15, 0.2) is 0 Å². The molecular weight excluding hydrogens is 324 g/mol. The summed E-state index contributed by atoms with van der Waals surface area (Å²) in [5.74, 6) is 1.01. The second kappa shape index (κ2) is 8.39. The molecule has 1 aliphatic rings. The SMILES string of the molecule is CCN(CC)c1cc(C)c2cc(NC(=O)NC3CCCCC3)ccc2n1. The molecule has 1 aromatic heterocycles. The van der Waals surface area contributed by atoms with Crippen molar-refractivity contribution >= 4 is 28.4 Å². The van der Waals surface area contributed by atoms with Crippen LogP contribution in [0.1, 0.15) is 51.5 Å². The van der Waals surface area contributed by atoms with Gasteiger partial charge in [0, 0.05) is 30.2 Å². The highest BCUT2D eigenvalue weighted by molar-refractivity contribution is 5.94. The van der Waals surface area contributed by atoms with Crippen LogP contribution in [-0.2, 0) is 0 Å². The van der Waals surface area contributed by atoms with E-state index < -0.39 is 0 Å². The molecule has 1 heterocycles. The second-order valence-electron chi connectivity index (χ2n) is 7.13. The van der Waals surface area contributed by atoms with E-state index in [1.54, 1.807) is 0 Å². The van der Waals surface area contributed by atoms with Gasteiger partial charge in [-0.25, -0.2) is 9.78 Å². The molecule has 1 saturated carbocycles. The first-order chi connectivity index (χ1) is 12.6. The zero-order valence-electron chi connectivity index (χ0n) is 16.1. The van der Waals surface area contributed by atoms with Crippen LogP contribution in [0.15, 0.2) is 24.3 Å². The Morgan fingerprint density at radius 1 is 1.15 bits per heavy atom. The van der Waals surface area contributed by atoms with E-state index in [0.29, 0.717) is 6.04 Å². The fourth-order valence-electron chi connectivity index (χ4n) is 3.76. The van der Waals surface area contributed by atoms with E-state index in [2.05, 4.69) is 42.4 Å². The molecule has 140 valence electrons. The Bertz CT molecular complexity index is 764. The predicted octanol–water partition coefficient (Wildman–Crippen LogP) is 4.84. The van der Waals surface area contributed by atoms with Gasteiger partial charge in [-0.2, -0.15) is 0 Å². The zero-order valence-corrected chi connectivity index (χ0v) is 16.1. The second-order valence-corrected chi connectivity index (χ2v) is 7.13. The average Bonchev–Trinajstić information content (AvgIpc) is 2.64. The van der Waals surface area contributed by atoms with Crippen LogP contribution in [0.25, 0.3) is 10.9 Å². The number of amides is 2. The summed E-state index contributed by atoms with van der Waals surface area (Å²) in [5, 5.41) is 7.16. The van der Waals surface area contributed by atoms with E-state index in [4.69, 9.17) is 4.98 Å². The van der Waals surface area contributed by atoms with Crippen molar-refractivity contribution in [3.05, 3.63) is 29.8 Å². The van der Waals surface area contributed by atoms with Crippen molar-refractivity contribution in [2.45, 2.75) is 58.9 Å². The smallest absolute Gasteiger partial charge is 0.319 e. The van der Waals surface area contributed by atoms with E-state index in [9.17, 15) is 4.79 Å². The van der Waals surface area contributed by atoms with Crippen molar-refractivity contribution in [1.82, 2.24) is 10.3 Å². The molecule has 5 nitrogen and oxygen atoms in total. The lowest BCUT2D eigenvalue weighted by atomic mass is 9.96. The van der Waals surface area contributed by atoms with Crippen molar-refractivity contribution in [3.8, 4) is 0 Å². The van der Waals surface area contributed by atoms with Crippen molar-refractivity contribution in [3.63, 3.8) is 0 Å². The van der Waals surface area contributed by atoms with Crippen LogP contribution in [0, 0.1) is 6.92 Å². The van der Waals surface area contributed by atoms with Gasteiger partial charge < -0.3 is 15.5 Å². The van der Waals surface area contributed by atoms with Crippen LogP contribution in [-0.4, -0.2) is 30.1 Å². The number of hydrogen-bond acceptors (Lipinski definition) is 3. The fraction of sp³-hybridized carbons (Fsp3) is 0.524. The molecule has 3 rings (SSSR count). The largest absolute Gasteiger partial charge is 0.357 e. The molecule has 1 aliphatic carbocycles. The third-order valence-corrected chi connectivity index (χ3v) is 5.29. The van der Waals surface area contributed by atoms with Crippen LogP contribution in [0.4, 0.5) is 16.3 Å². The van der Waals surface area contributed by atoms with Gasteiger partial charge in [0.2, 0.25) is 0 Å². The van der Waals surface area contributed by atoms with Crippen LogP contribution >= 0.6 is 0 Å². The maximum absolute atomic E-state index is 12.3. The number of nitrogens with zero attached hydrogens (tertiary/aromatic N) is 2. The summed E-state index contributed by atoms with van der Waals surface area (Å²) in [6.45, 7) is 8.26. The molecule has 2 aromatic rings. The topological polar surface area (TPSA) is 57.3 Å². The Kier molecular flexibility index (Phi) is 5.96. The highest BCUT2D eigenvalue weighted by atomic mass is 16.2. The molecule has 2 N–H and O–H groups in total. The Hall–Kier alpha value is -2.30. The highest BCUT2D eigenvalue weighted by Crippen LogP contribution is 2.25. The normalized spacial score (nSPS) is 15.0. The molecule has 0 bridgehead atoms. The van der Waals surface area contributed by atoms with Gasteiger partial charge in [-0.05, 0) is 63.4 Å². The van der Waals surface area contributed by atoms with Crippen molar-refractivity contribution < 1.29 is 4.79 Å². The number of aryl methyl sites for hydroxylation is 1. The molecule has 0 unspecified atom stereocenters.